The molecule has 1 fully saturated rings. The van der Waals surface area contributed by atoms with Crippen molar-refractivity contribution in [1.29, 1.82) is 0 Å². The maximum atomic E-state index is 12.7. The van der Waals surface area contributed by atoms with Gasteiger partial charge in [-0.15, -0.1) is 11.3 Å². The van der Waals surface area contributed by atoms with Crippen molar-refractivity contribution in [2.75, 3.05) is 0 Å². The van der Waals surface area contributed by atoms with E-state index in [4.69, 9.17) is 0 Å². The van der Waals surface area contributed by atoms with Crippen LogP contribution >= 0.6 is 11.3 Å². The molecule has 1 N–H and O–H groups in total. The molecule has 21 heavy (non-hydrogen) atoms. The van der Waals surface area contributed by atoms with E-state index in [-0.39, 0.29) is 11.9 Å². The van der Waals surface area contributed by atoms with Gasteiger partial charge in [0, 0.05) is 4.88 Å². The van der Waals surface area contributed by atoms with Crippen LogP contribution in [0.25, 0.3) is 0 Å². The number of carbonyl (C=O) groups is 2. The fourth-order valence-corrected chi connectivity index (χ4v) is 3.36. The van der Waals surface area contributed by atoms with Gasteiger partial charge in [-0.2, -0.15) is 0 Å². The molecule has 3 rings (SSSR count). The minimum absolute atomic E-state index is 0.196. The molecule has 5 heteroatoms. The van der Waals surface area contributed by atoms with Crippen molar-refractivity contribution in [3.63, 3.8) is 0 Å². The number of imide groups is 1. The van der Waals surface area contributed by atoms with E-state index in [9.17, 15) is 9.59 Å². The van der Waals surface area contributed by atoms with Gasteiger partial charge < -0.3 is 5.32 Å². The Labute approximate surface area is 127 Å². The summed E-state index contributed by atoms with van der Waals surface area (Å²) in [5.74, 6) is -0.196. The van der Waals surface area contributed by atoms with Crippen LogP contribution in [0.5, 0.6) is 0 Å². The molecule has 0 saturated carbocycles. The van der Waals surface area contributed by atoms with Crippen LogP contribution in [0.2, 0.25) is 0 Å². The van der Waals surface area contributed by atoms with E-state index in [0.29, 0.717) is 6.54 Å². The van der Waals surface area contributed by atoms with E-state index in [0.717, 1.165) is 16.0 Å². The van der Waals surface area contributed by atoms with Gasteiger partial charge in [0.15, 0.2) is 5.54 Å². The first-order chi connectivity index (χ1) is 10.0. The van der Waals surface area contributed by atoms with Gasteiger partial charge in [0.05, 0.1) is 6.54 Å². The first-order valence-electron chi connectivity index (χ1n) is 6.75. The summed E-state index contributed by atoms with van der Waals surface area (Å²) in [6, 6.07) is 11.2. The van der Waals surface area contributed by atoms with E-state index in [2.05, 4.69) is 5.32 Å². The smallest absolute Gasteiger partial charge is 0.319 e. The molecule has 1 aromatic carbocycles. The van der Waals surface area contributed by atoms with Crippen LogP contribution in [0.3, 0.4) is 0 Å². The number of carbonyl (C=O) groups excluding carboxylic acids is 2. The highest BCUT2D eigenvalue weighted by molar-refractivity contribution is 7.10. The van der Waals surface area contributed by atoms with Crippen molar-refractivity contribution in [2.45, 2.75) is 25.9 Å². The van der Waals surface area contributed by atoms with Gasteiger partial charge in [0.2, 0.25) is 0 Å². The summed E-state index contributed by atoms with van der Waals surface area (Å²) < 4.78 is 0. The predicted octanol–water partition coefficient (Wildman–Crippen LogP) is 3.02. The molecule has 0 radical (unpaired) electrons. The van der Waals surface area contributed by atoms with Crippen LogP contribution in [-0.4, -0.2) is 16.8 Å². The van der Waals surface area contributed by atoms with Crippen molar-refractivity contribution in [2.24, 2.45) is 0 Å². The number of amides is 3. The number of urea groups is 1. The lowest BCUT2D eigenvalue weighted by molar-refractivity contribution is -0.131. The topological polar surface area (TPSA) is 49.4 Å². The summed E-state index contributed by atoms with van der Waals surface area (Å²) >= 11 is 1.47. The van der Waals surface area contributed by atoms with Gasteiger partial charge >= 0.3 is 6.03 Å². The lowest BCUT2D eigenvalue weighted by Crippen LogP contribution is -2.40. The summed E-state index contributed by atoms with van der Waals surface area (Å²) in [6.45, 7) is 4.04. The number of thiophene rings is 1. The van der Waals surface area contributed by atoms with Gasteiger partial charge in [-0.05, 0) is 36.4 Å². The highest BCUT2D eigenvalue weighted by Crippen LogP contribution is 2.32. The molecule has 0 unspecified atom stereocenters. The van der Waals surface area contributed by atoms with Crippen molar-refractivity contribution in [3.8, 4) is 0 Å². The Bertz CT molecular complexity index is 696. The average Bonchev–Trinajstić information content (AvgIpc) is 3.06. The molecule has 0 bridgehead atoms. The Kier molecular flexibility index (Phi) is 3.29. The van der Waals surface area contributed by atoms with E-state index in [1.807, 2.05) is 48.7 Å². The zero-order chi connectivity index (χ0) is 15.0. The first-order valence-corrected chi connectivity index (χ1v) is 7.63. The largest absolute Gasteiger partial charge is 0.325 e. The number of aryl methyl sites for hydroxylation is 1. The van der Waals surface area contributed by atoms with E-state index >= 15 is 0 Å². The van der Waals surface area contributed by atoms with Crippen molar-refractivity contribution < 1.29 is 9.59 Å². The van der Waals surface area contributed by atoms with E-state index in [1.54, 1.807) is 6.92 Å². The second-order valence-corrected chi connectivity index (χ2v) is 6.30. The Hall–Kier alpha value is -2.14. The van der Waals surface area contributed by atoms with Crippen LogP contribution < -0.4 is 5.32 Å². The Morgan fingerprint density at radius 3 is 2.62 bits per heavy atom. The fourth-order valence-electron chi connectivity index (χ4n) is 2.53. The molecule has 1 aliphatic rings. The van der Waals surface area contributed by atoms with Crippen LogP contribution in [-0.2, 0) is 16.9 Å². The Morgan fingerprint density at radius 1 is 1.19 bits per heavy atom. The second kappa shape index (κ2) is 5.00. The quantitative estimate of drug-likeness (QED) is 0.886. The molecule has 4 nitrogen and oxygen atoms in total. The number of rotatable bonds is 3. The first kappa shape index (κ1) is 13.8. The fraction of sp³-hybridized carbons (Fsp3) is 0.250. The molecule has 1 saturated heterocycles. The minimum atomic E-state index is -0.950. The molecule has 3 amide bonds. The maximum Gasteiger partial charge on any atom is 0.325 e. The molecule has 2 heterocycles. The monoisotopic (exact) mass is 300 g/mol. The normalized spacial score (nSPS) is 21.7. The van der Waals surface area contributed by atoms with Crippen LogP contribution in [0.15, 0.2) is 41.8 Å². The number of nitrogens with one attached hydrogen (secondary N) is 1. The number of benzene rings is 1. The molecule has 1 aromatic heterocycles. The van der Waals surface area contributed by atoms with Gasteiger partial charge in [0.1, 0.15) is 0 Å². The maximum absolute atomic E-state index is 12.7. The predicted molar refractivity (Wildman–Crippen MR) is 81.9 cm³/mol. The van der Waals surface area contributed by atoms with E-state index < -0.39 is 5.54 Å². The third kappa shape index (κ3) is 2.23. The van der Waals surface area contributed by atoms with E-state index in [1.165, 1.54) is 16.2 Å². The molecule has 1 aliphatic heterocycles. The lowest BCUT2D eigenvalue weighted by atomic mass is 10.0. The van der Waals surface area contributed by atoms with Crippen molar-refractivity contribution >= 4 is 23.3 Å². The van der Waals surface area contributed by atoms with Crippen molar-refractivity contribution in [1.82, 2.24) is 10.2 Å². The summed E-state index contributed by atoms with van der Waals surface area (Å²) in [5, 5.41) is 4.73. The average molecular weight is 300 g/mol. The van der Waals surface area contributed by atoms with Gasteiger partial charge in [-0.1, -0.05) is 30.3 Å². The summed E-state index contributed by atoms with van der Waals surface area (Å²) in [7, 11) is 0. The summed E-state index contributed by atoms with van der Waals surface area (Å²) in [4.78, 5) is 27.1. The molecule has 1 atom stereocenters. The Morgan fingerprint density at radius 2 is 1.95 bits per heavy atom. The van der Waals surface area contributed by atoms with Crippen LogP contribution in [0.1, 0.15) is 22.9 Å². The zero-order valence-electron chi connectivity index (χ0n) is 11.9. The third-order valence-corrected chi connectivity index (χ3v) is 4.97. The van der Waals surface area contributed by atoms with Crippen molar-refractivity contribution in [3.05, 3.63) is 57.8 Å². The number of hydrogen-bond donors (Lipinski definition) is 1. The molecular formula is C16H16N2O2S. The molecule has 0 spiro atoms. The van der Waals surface area contributed by atoms with Crippen LogP contribution in [0, 0.1) is 6.92 Å². The van der Waals surface area contributed by atoms with Gasteiger partial charge in [-0.3, -0.25) is 9.69 Å². The standard InChI is InChI=1S/C16H16N2O2S/c1-11-6-3-4-7-12(11)10-18-14(19)16(2,17-15(18)20)13-8-5-9-21-13/h3-9H,10H2,1-2H3,(H,17,20)/t16-/m0/s1. The summed E-state index contributed by atoms with van der Waals surface area (Å²) in [5.41, 5.74) is 1.10. The van der Waals surface area contributed by atoms with Crippen LogP contribution in [0.4, 0.5) is 4.79 Å². The highest BCUT2D eigenvalue weighted by atomic mass is 32.1. The zero-order valence-corrected chi connectivity index (χ0v) is 12.7. The summed E-state index contributed by atoms with van der Waals surface area (Å²) in [6.07, 6.45) is 0. The molecule has 2 aromatic rings. The SMILES string of the molecule is Cc1ccccc1CN1C(=O)N[C@@](C)(c2cccs2)C1=O. The molecule has 0 aliphatic carbocycles. The minimum Gasteiger partial charge on any atom is -0.319 e. The number of nitrogens with zero attached hydrogens (tertiary/aromatic N) is 1. The second-order valence-electron chi connectivity index (χ2n) is 5.35. The lowest BCUT2D eigenvalue weighted by Gasteiger charge is -2.20. The van der Waals surface area contributed by atoms with Gasteiger partial charge in [-0.25, -0.2) is 4.79 Å². The molecular weight excluding hydrogens is 284 g/mol. The molecule has 108 valence electrons. The third-order valence-electron chi connectivity index (χ3n) is 3.88. The Balaban J connectivity index is 1.90. The van der Waals surface area contributed by atoms with Gasteiger partial charge in [0.25, 0.3) is 5.91 Å². The highest BCUT2D eigenvalue weighted by Gasteiger charge is 2.49. The number of hydrogen-bond acceptors (Lipinski definition) is 3.